The highest BCUT2D eigenvalue weighted by Gasteiger charge is 2.08. The normalized spacial score (nSPS) is 10.4. The molecule has 0 aliphatic heterocycles. The molecule has 0 aliphatic carbocycles. The third kappa shape index (κ3) is 3.16. The molecule has 1 aromatic rings. The van der Waals surface area contributed by atoms with Gasteiger partial charge < -0.3 is 0 Å². The summed E-state index contributed by atoms with van der Waals surface area (Å²) >= 11 is 3.50. The van der Waals surface area contributed by atoms with E-state index in [2.05, 4.69) is 22.9 Å². The number of benzene rings is 1. The maximum Gasteiger partial charge on any atom is 0.162 e. The lowest BCUT2D eigenvalue weighted by Gasteiger charge is -2.06. The summed E-state index contributed by atoms with van der Waals surface area (Å²) in [5, 5.41) is 0. The molecule has 0 atom stereocenters. The molecule has 2 heteroatoms. The molecule has 0 radical (unpaired) electrons. The zero-order valence-electron chi connectivity index (χ0n) is 9.56. The monoisotopic (exact) mass is 268 g/mol. The molecule has 15 heavy (non-hydrogen) atoms. The van der Waals surface area contributed by atoms with Crippen LogP contribution in [0.5, 0.6) is 0 Å². The van der Waals surface area contributed by atoms with Crippen LogP contribution < -0.4 is 0 Å². The van der Waals surface area contributed by atoms with Gasteiger partial charge in [-0.05, 0) is 43.5 Å². The molecule has 1 aromatic carbocycles. The van der Waals surface area contributed by atoms with Crippen molar-refractivity contribution in [2.45, 2.75) is 40.0 Å². The molecule has 0 heterocycles. The first kappa shape index (κ1) is 12.4. The molecular formula is C13H17BrO. The van der Waals surface area contributed by atoms with Gasteiger partial charge in [-0.3, -0.25) is 4.79 Å². The maximum absolute atomic E-state index is 11.8. The molecule has 82 valence electrons. The Morgan fingerprint density at radius 2 is 1.80 bits per heavy atom. The number of hydrogen-bond acceptors (Lipinski definition) is 1. The van der Waals surface area contributed by atoms with Crippen LogP contribution in [0.15, 0.2) is 16.6 Å². The van der Waals surface area contributed by atoms with E-state index < -0.39 is 0 Å². The molecule has 1 rings (SSSR count). The van der Waals surface area contributed by atoms with Crippen LogP contribution in [0.4, 0.5) is 0 Å². The lowest BCUT2D eigenvalue weighted by atomic mass is 10.0. The molecule has 0 N–H and O–H groups in total. The lowest BCUT2D eigenvalue weighted by Crippen LogP contribution is -2.00. The average Bonchev–Trinajstić information content (AvgIpc) is 2.21. The predicted octanol–water partition coefficient (Wildman–Crippen LogP) is 4.44. The smallest absolute Gasteiger partial charge is 0.162 e. The summed E-state index contributed by atoms with van der Waals surface area (Å²) in [7, 11) is 0. The van der Waals surface area contributed by atoms with Gasteiger partial charge in [0.1, 0.15) is 0 Å². The van der Waals surface area contributed by atoms with Crippen molar-refractivity contribution >= 4 is 21.7 Å². The van der Waals surface area contributed by atoms with E-state index >= 15 is 0 Å². The van der Waals surface area contributed by atoms with E-state index in [0.717, 1.165) is 34.0 Å². The first-order valence-corrected chi connectivity index (χ1v) is 6.15. The largest absolute Gasteiger partial charge is 0.294 e. The Bertz CT molecular complexity index is 346. The van der Waals surface area contributed by atoms with E-state index in [0.29, 0.717) is 6.42 Å². The second kappa shape index (κ2) is 5.45. The van der Waals surface area contributed by atoms with Crippen molar-refractivity contribution in [2.75, 3.05) is 0 Å². The Balaban J connectivity index is 2.91. The molecule has 0 saturated heterocycles. The van der Waals surface area contributed by atoms with Crippen LogP contribution in [-0.2, 0) is 0 Å². The molecule has 0 spiro atoms. The number of halogens is 1. The third-order valence-electron chi connectivity index (χ3n) is 2.52. The minimum atomic E-state index is 0.260. The SMILES string of the molecule is CCCCC(=O)c1cc(C)c(Br)c(C)c1. The molecule has 0 aliphatic rings. The highest BCUT2D eigenvalue weighted by molar-refractivity contribution is 9.10. The van der Waals surface area contributed by atoms with Crippen molar-refractivity contribution < 1.29 is 4.79 Å². The van der Waals surface area contributed by atoms with Gasteiger partial charge in [0, 0.05) is 16.5 Å². The lowest BCUT2D eigenvalue weighted by molar-refractivity contribution is 0.0979. The van der Waals surface area contributed by atoms with E-state index in [4.69, 9.17) is 0 Å². The molecule has 0 unspecified atom stereocenters. The van der Waals surface area contributed by atoms with Crippen LogP contribution in [0, 0.1) is 13.8 Å². The van der Waals surface area contributed by atoms with Crippen molar-refractivity contribution in [3.05, 3.63) is 33.3 Å². The number of carbonyl (C=O) groups is 1. The van der Waals surface area contributed by atoms with E-state index in [1.807, 2.05) is 26.0 Å². The second-order valence-corrected chi connectivity index (χ2v) is 4.74. The van der Waals surface area contributed by atoms with Gasteiger partial charge in [-0.15, -0.1) is 0 Å². The number of aryl methyl sites for hydroxylation is 2. The molecule has 0 bridgehead atoms. The van der Waals surface area contributed by atoms with Gasteiger partial charge in [0.15, 0.2) is 5.78 Å². The fourth-order valence-electron chi connectivity index (χ4n) is 1.59. The Labute approximate surface area is 100 Å². The van der Waals surface area contributed by atoms with Crippen molar-refractivity contribution in [1.29, 1.82) is 0 Å². The number of ketones is 1. The van der Waals surface area contributed by atoms with Crippen LogP contribution in [0.25, 0.3) is 0 Å². The third-order valence-corrected chi connectivity index (χ3v) is 3.77. The number of rotatable bonds is 4. The Morgan fingerprint density at radius 1 is 1.27 bits per heavy atom. The van der Waals surface area contributed by atoms with Crippen molar-refractivity contribution in [1.82, 2.24) is 0 Å². The van der Waals surface area contributed by atoms with Gasteiger partial charge >= 0.3 is 0 Å². The van der Waals surface area contributed by atoms with E-state index in [1.54, 1.807) is 0 Å². The summed E-state index contributed by atoms with van der Waals surface area (Å²) in [5.74, 6) is 0.260. The van der Waals surface area contributed by atoms with Crippen LogP contribution in [-0.4, -0.2) is 5.78 Å². The number of Topliss-reactive ketones (excluding diaryl/α,β-unsaturated/α-hetero) is 1. The van der Waals surface area contributed by atoms with Gasteiger partial charge in [0.2, 0.25) is 0 Å². The van der Waals surface area contributed by atoms with Gasteiger partial charge in [0.25, 0.3) is 0 Å². The topological polar surface area (TPSA) is 17.1 Å². The van der Waals surface area contributed by atoms with E-state index in [-0.39, 0.29) is 5.78 Å². The van der Waals surface area contributed by atoms with Gasteiger partial charge in [-0.2, -0.15) is 0 Å². The van der Waals surface area contributed by atoms with E-state index in [9.17, 15) is 4.79 Å². The summed E-state index contributed by atoms with van der Waals surface area (Å²) in [4.78, 5) is 11.8. The highest BCUT2D eigenvalue weighted by Crippen LogP contribution is 2.23. The van der Waals surface area contributed by atoms with Crippen LogP contribution in [0.2, 0.25) is 0 Å². The molecular weight excluding hydrogens is 252 g/mol. The quantitative estimate of drug-likeness (QED) is 0.738. The summed E-state index contributed by atoms with van der Waals surface area (Å²) in [5.41, 5.74) is 3.12. The minimum absolute atomic E-state index is 0.260. The van der Waals surface area contributed by atoms with Crippen LogP contribution in [0.3, 0.4) is 0 Å². The van der Waals surface area contributed by atoms with E-state index in [1.165, 1.54) is 0 Å². The van der Waals surface area contributed by atoms with Gasteiger partial charge in [0.05, 0.1) is 0 Å². The Kier molecular flexibility index (Phi) is 4.52. The molecule has 1 nitrogen and oxygen atoms in total. The van der Waals surface area contributed by atoms with Crippen molar-refractivity contribution in [2.24, 2.45) is 0 Å². The number of carbonyl (C=O) groups excluding carboxylic acids is 1. The molecule has 0 amide bonds. The summed E-state index contributed by atoms with van der Waals surface area (Å²) < 4.78 is 1.11. The minimum Gasteiger partial charge on any atom is -0.294 e. The highest BCUT2D eigenvalue weighted by atomic mass is 79.9. The maximum atomic E-state index is 11.8. The summed E-state index contributed by atoms with van der Waals surface area (Å²) in [6.45, 7) is 6.15. The standard InChI is InChI=1S/C13H17BrO/c1-4-5-6-12(15)11-7-9(2)13(14)10(3)8-11/h7-8H,4-6H2,1-3H3. The second-order valence-electron chi connectivity index (χ2n) is 3.95. The Morgan fingerprint density at radius 3 is 2.27 bits per heavy atom. The van der Waals surface area contributed by atoms with Crippen molar-refractivity contribution in [3.63, 3.8) is 0 Å². The summed E-state index contributed by atoms with van der Waals surface area (Å²) in [6, 6.07) is 3.93. The first-order chi connectivity index (χ1) is 7.06. The zero-order chi connectivity index (χ0) is 11.4. The fraction of sp³-hybridized carbons (Fsp3) is 0.462. The fourth-order valence-corrected chi connectivity index (χ4v) is 1.82. The van der Waals surface area contributed by atoms with Gasteiger partial charge in [-0.25, -0.2) is 0 Å². The molecule has 0 saturated carbocycles. The number of unbranched alkanes of at least 4 members (excludes halogenated alkanes) is 1. The average molecular weight is 269 g/mol. The molecule has 0 fully saturated rings. The predicted molar refractivity (Wildman–Crippen MR) is 67.5 cm³/mol. The zero-order valence-corrected chi connectivity index (χ0v) is 11.1. The molecule has 0 aromatic heterocycles. The van der Waals surface area contributed by atoms with Crippen LogP contribution >= 0.6 is 15.9 Å². The van der Waals surface area contributed by atoms with Gasteiger partial charge in [-0.1, -0.05) is 29.3 Å². The first-order valence-electron chi connectivity index (χ1n) is 5.36. The van der Waals surface area contributed by atoms with Crippen molar-refractivity contribution in [3.8, 4) is 0 Å². The number of hydrogen-bond donors (Lipinski definition) is 0. The Hall–Kier alpha value is -0.630. The van der Waals surface area contributed by atoms with Crippen LogP contribution in [0.1, 0.15) is 47.7 Å². The summed E-state index contributed by atoms with van der Waals surface area (Å²) in [6.07, 6.45) is 2.71.